The molecule has 1 aromatic rings. The van der Waals surface area contributed by atoms with E-state index in [1.165, 1.54) is 0 Å². The van der Waals surface area contributed by atoms with Crippen LogP contribution in [0.4, 0.5) is 4.79 Å². The summed E-state index contributed by atoms with van der Waals surface area (Å²) < 4.78 is 5.17. The lowest BCUT2D eigenvalue weighted by Gasteiger charge is -2.18. The predicted octanol–water partition coefficient (Wildman–Crippen LogP) is 1.93. The van der Waals surface area contributed by atoms with Crippen LogP contribution in [-0.2, 0) is 9.53 Å². The van der Waals surface area contributed by atoms with Crippen molar-refractivity contribution in [2.45, 2.75) is 25.8 Å². The van der Waals surface area contributed by atoms with Crippen molar-refractivity contribution >= 4 is 12.0 Å². The monoisotopic (exact) mass is 294 g/mol. The molecule has 1 rings (SSSR count). The van der Waals surface area contributed by atoms with Crippen molar-refractivity contribution < 1.29 is 19.4 Å². The van der Waals surface area contributed by atoms with E-state index in [9.17, 15) is 9.59 Å². The van der Waals surface area contributed by atoms with Gasteiger partial charge in [-0.15, -0.1) is 0 Å². The Balaban J connectivity index is 2.45. The molecule has 1 atom stereocenters. The maximum Gasteiger partial charge on any atom is 0.315 e. The van der Waals surface area contributed by atoms with Gasteiger partial charge in [-0.1, -0.05) is 30.3 Å². The Morgan fingerprint density at radius 3 is 2.62 bits per heavy atom. The molecular formula is C15H22N2O4. The van der Waals surface area contributed by atoms with E-state index in [-0.39, 0.29) is 12.5 Å². The van der Waals surface area contributed by atoms with Crippen LogP contribution in [0.1, 0.15) is 31.4 Å². The van der Waals surface area contributed by atoms with Gasteiger partial charge in [-0.05, 0) is 18.9 Å². The smallest absolute Gasteiger partial charge is 0.315 e. The van der Waals surface area contributed by atoms with Gasteiger partial charge in [0.05, 0.1) is 12.5 Å². The Hall–Kier alpha value is -2.08. The zero-order valence-corrected chi connectivity index (χ0v) is 12.2. The summed E-state index contributed by atoms with van der Waals surface area (Å²) in [6.45, 7) is 3.64. The van der Waals surface area contributed by atoms with Crippen LogP contribution >= 0.6 is 0 Å². The molecule has 6 nitrogen and oxygen atoms in total. The van der Waals surface area contributed by atoms with Gasteiger partial charge in [-0.3, -0.25) is 4.79 Å². The van der Waals surface area contributed by atoms with Crippen molar-refractivity contribution in [1.82, 2.24) is 10.6 Å². The fraction of sp³-hybridized carbons (Fsp3) is 0.467. The second-order valence-electron chi connectivity index (χ2n) is 4.51. The Kier molecular flexibility index (Phi) is 7.89. The molecule has 0 fully saturated rings. The molecule has 0 aliphatic carbocycles. The lowest BCUT2D eigenvalue weighted by atomic mass is 10.0. The van der Waals surface area contributed by atoms with Gasteiger partial charge in [0.1, 0.15) is 0 Å². The first-order chi connectivity index (χ1) is 10.1. The number of hydrogen-bond donors (Lipinski definition) is 3. The van der Waals surface area contributed by atoms with Gasteiger partial charge in [0, 0.05) is 19.8 Å². The highest BCUT2D eigenvalue weighted by Gasteiger charge is 2.17. The van der Waals surface area contributed by atoms with Crippen LogP contribution in [0, 0.1) is 0 Å². The molecule has 1 aromatic carbocycles. The van der Waals surface area contributed by atoms with Crippen LogP contribution in [0.15, 0.2) is 30.3 Å². The van der Waals surface area contributed by atoms with Crippen molar-refractivity contribution in [2.24, 2.45) is 0 Å². The quantitative estimate of drug-likeness (QED) is 0.607. The summed E-state index contributed by atoms with van der Waals surface area (Å²) in [5.41, 5.74) is 0.768. The van der Waals surface area contributed by atoms with Crippen molar-refractivity contribution in [2.75, 3.05) is 19.8 Å². The number of aliphatic carboxylic acids is 1. The molecule has 116 valence electrons. The van der Waals surface area contributed by atoms with E-state index in [1.807, 2.05) is 25.1 Å². The summed E-state index contributed by atoms with van der Waals surface area (Å²) in [5.74, 6) is -0.958. The number of carbonyl (C=O) groups is 2. The molecule has 0 aliphatic rings. The third-order valence-corrected chi connectivity index (χ3v) is 2.84. The van der Waals surface area contributed by atoms with E-state index in [1.54, 1.807) is 12.1 Å². The second-order valence-corrected chi connectivity index (χ2v) is 4.51. The van der Waals surface area contributed by atoms with Gasteiger partial charge in [-0.25, -0.2) is 4.79 Å². The lowest BCUT2D eigenvalue weighted by molar-refractivity contribution is -0.137. The largest absolute Gasteiger partial charge is 0.481 e. The van der Waals surface area contributed by atoms with E-state index in [0.717, 1.165) is 12.0 Å². The number of ether oxygens (including phenoxy) is 1. The zero-order valence-electron chi connectivity index (χ0n) is 12.2. The Morgan fingerprint density at radius 1 is 1.29 bits per heavy atom. The minimum atomic E-state index is -0.958. The molecule has 0 radical (unpaired) electrons. The van der Waals surface area contributed by atoms with Crippen molar-refractivity contribution in [3.05, 3.63) is 35.9 Å². The number of carbonyl (C=O) groups excluding carboxylic acids is 1. The summed E-state index contributed by atoms with van der Waals surface area (Å²) in [7, 11) is 0. The highest BCUT2D eigenvalue weighted by atomic mass is 16.5. The van der Waals surface area contributed by atoms with Crippen molar-refractivity contribution in [3.8, 4) is 0 Å². The molecule has 2 amide bonds. The number of carboxylic acid groups (broad SMARTS) is 1. The lowest BCUT2D eigenvalue weighted by Crippen LogP contribution is -2.39. The maximum absolute atomic E-state index is 11.8. The topological polar surface area (TPSA) is 87.7 Å². The number of benzene rings is 1. The first-order valence-corrected chi connectivity index (χ1v) is 7.02. The second kappa shape index (κ2) is 9.77. The Morgan fingerprint density at radius 2 is 2.00 bits per heavy atom. The minimum Gasteiger partial charge on any atom is -0.481 e. The van der Waals surface area contributed by atoms with Gasteiger partial charge < -0.3 is 20.5 Å². The van der Waals surface area contributed by atoms with E-state index < -0.39 is 12.0 Å². The van der Waals surface area contributed by atoms with Gasteiger partial charge in [0.25, 0.3) is 0 Å². The summed E-state index contributed by atoms with van der Waals surface area (Å²) in [6.07, 6.45) is 0.562. The summed E-state index contributed by atoms with van der Waals surface area (Å²) in [6, 6.07) is 8.14. The summed E-state index contributed by atoms with van der Waals surface area (Å²) in [4.78, 5) is 22.7. The average Bonchev–Trinajstić information content (AvgIpc) is 2.47. The van der Waals surface area contributed by atoms with Gasteiger partial charge in [0.15, 0.2) is 0 Å². The van der Waals surface area contributed by atoms with E-state index >= 15 is 0 Å². The molecule has 0 heterocycles. The molecule has 0 saturated heterocycles. The highest BCUT2D eigenvalue weighted by molar-refractivity contribution is 5.76. The normalized spacial score (nSPS) is 11.7. The fourth-order valence-corrected chi connectivity index (χ4v) is 1.84. The van der Waals surface area contributed by atoms with E-state index in [2.05, 4.69) is 10.6 Å². The third-order valence-electron chi connectivity index (χ3n) is 2.84. The number of rotatable bonds is 9. The molecule has 0 bridgehead atoms. The molecule has 21 heavy (non-hydrogen) atoms. The molecule has 0 saturated carbocycles. The number of hydrogen-bond acceptors (Lipinski definition) is 3. The summed E-state index contributed by atoms with van der Waals surface area (Å²) in [5, 5.41) is 14.3. The standard InChI is InChI=1S/C15H22N2O4/c1-2-21-10-6-9-16-15(20)17-13(11-14(18)19)12-7-4-3-5-8-12/h3-5,7-8,13H,2,6,9-11H2,1H3,(H,18,19)(H2,16,17,20). The number of carboxylic acids is 1. The van der Waals surface area contributed by atoms with E-state index in [0.29, 0.717) is 19.8 Å². The first-order valence-electron chi connectivity index (χ1n) is 7.02. The van der Waals surface area contributed by atoms with Crippen LogP contribution in [0.3, 0.4) is 0 Å². The molecule has 0 aromatic heterocycles. The van der Waals surface area contributed by atoms with Gasteiger partial charge >= 0.3 is 12.0 Å². The van der Waals surface area contributed by atoms with Crippen LogP contribution in [0.2, 0.25) is 0 Å². The number of amides is 2. The van der Waals surface area contributed by atoms with Crippen molar-refractivity contribution in [1.29, 1.82) is 0 Å². The van der Waals surface area contributed by atoms with Crippen LogP contribution < -0.4 is 10.6 Å². The Labute approximate surface area is 124 Å². The molecule has 0 aliphatic heterocycles. The molecular weight excluding hydrogens is 272 g/mol. The van der Waals surface area contributed by atoms with Gasteiger partial charge in [-0.2, -0.15) is 0 Å². The minimum absolute atomic E-state index is 0.156. The van der Waals surface area contributed by atoms with Crippen LogP contribution in [-0.4, -0.2) is 36.9 Å². The summed E-state index contributed by atoms with van der Waals surface area (Å²) >= 11 is 0. The molecule has 0 spiro atoms. The predicted molar refractivity (Wildman–Crippen MR) is 79.1 cm³/mol. The van der Waals surface area contributed by atoms with Crippen LogP contribution in [0.25, 0.3) is 0 Å². The number of urea groups is 1. The maximum atomic E-state index is 11.8. The SMILES string of the molecule is CCOCCCNC(=O)NC(CC(=O)O)c1ccccc1. The first kappa shape index (κ1) is 17.0. The van der Waals surface area contributed by atoms with Crippen LogP contribution in [0.5, 0.6) is 0 Å². The molecule has 3 N–H and O–H groups in total. The fourth-order valence-electron chi connectivity index (χ4n) is 1.84. The Bertz CT molecular complexity index is 437. The van der Waals surface area contributed by atoms with Crippen molar-refractivity contribution in [3.63, 3.8) is 0 Å². The highest BCUT2D eigenvalue weighted by Crippen LogP contribution is 2.16. The van der Waals surface area contributed by atoms with Gasteiger partial charge in [0.2, 0.25) is 0 Å². The number of nitrogens with one attached hydrogen (secondary N) is 2. The third kappa shape index (κ3) is 7.31. The van der Waals surface area contributed by atoms with E-state index in [4.69, 9.17) is 9.84 Å². The molecule has 1 unspecified atom stereocenters. The average molecular weight is 294 g/mol. The zero-order chi connectivity index (χ0) is 15.5. The molecule has 6 heteroatoms.